The van der Waals surface area contributed by atoms with Gasteiger partial charge < -0.3 is 14.6 Å². The first kappa shape index (κ1) is 14.9. The molecular formula is C17H18N2O2S. The molecule has 1 N–H and O–H groups in total. The van der Waals surface area contributed by atoms with E-state index in [0.29, 0.717) is 23.3 Å². The molecule has 0 saturated carbocycles. The summed E-state index contributed by atoms with van der Waals surface area (Å²) in [7, 11) is 0. The number of ether oxygens (including phenoxy) is 1. The summed E-state index contributed by atoms with van der Waals surface area (Å²) < 4.78 is 6.47. The number of aromatic nitrogens is 1. The standard InChI is InChI=1S/C17H18N2O2S/c1-12-10-19(17(20)14-8-5-9-18-16(14)22)11-15(21-12)13-6-3-2-4-7-13/h2-9,12,15H,10-11H2,1H3,(H,18,22). The maximum absolute atomic E-state index is 12.7. The minimum Gasteiger partial charge on any atom is -0.367 e. The summed E-state index contributed by atoms with van der Waals surface area (Å²) in [5.41, 5.74) is 1.63. The summed E-state index contributed by atoms with van der Waals surface area (Å²) in [4.78, 5) is 17.5. The number of morpholine rings is 1. The van der Waals surface area contributed by atoms with E-state index in [9.17, 15) is 4.79 Å². The molecule has 114 valence electrons. The first-order chi connectivity index (χ1) is 10.6. The van der Waals surface area contributed by atoms with Gasteiger partial charge in [-0.05, 0) is 24.6 Å². The fourth-order valence-corrected chi connectivity index (χ4v) is 2.95. The summed E-state index contributed by atoms with van der Waals surface area (Å²) in [5, 5.41) is 0. The molecule has 1 aromatic carbocycles. The predicted molar refractivity (Wildman–Crippen MR) is 87.3 cm³/mol. The second-order valence-corrected chi connectivity index (χ2v) is 5.88. The van der Waals surface area contributed by atoms with E-state index in [4.69, 9.17) is 17.0 Å². The SMILES string of the molecule is CC1CN(C(=O)c2ccc[nH]c2=S)CC(c2ccccc2)O1. The van der Waals surface area contributed by atoms with Crippen LogP contribution >= 0.6 is 12.2 Å². The van der Waals surface area contributed by atoms with Crippen LogP contribution in [0.2, 0.25) is 0 Å². The molecular weight excluding hydrogens is 296 g/mol. The number of carbonyl (C=O) groups is 1. The van der Waals surface area contributed by atoms with Crippen molar-refractivity contribution in [2.24, 2.45) is 0 Å². The molecule has 1 amide bonds. The highest BCUT2D eigenvalue weighted by Crippen LogP contribution is 2.26. The monoisotopic (exact) mass is 314 g/mol. The zero-order valence-electron chi connectivity index (χ0n) is 12.4. The van der Waals surface area contributed by atoms with E-state index in [1.54, 1.807) is 18.3 Å². The minimum atomic E-state index is -0.102. The van der Waals surface area contributed by atoms with E-state index in [1.165, 1.54) is 0 Å². The minimum absolute atomic E-state index is 0.0100. The summed E-state index contributed by atoms with van der Waals surface area (Å²) in [6.45, 7) is 3.10. The quantitative estimate of drug-likeness (QED) is 0.865. The molecule has 0 spiro atoms. The van der Waals surface area contributed by atoms with Gasteiger partial charge in [-0.3, -0.25) is 4.79 Å². The highest BCUT2D eigenvalue weighted by molar-refractivity contribution is 7.71. The number of hydrogen-bond donors (Lipinski definition) is 1. The highest BCUT2D eigenvalue weighted by Gasteiger charge is 2.30. The maximum atomic E-state index is 12.7. The van der Waals surface area contributed by atoms with Crippen molar-refractivity contribution in [3.8, 4) is 0 Å². The Morgan fingerprint density at radius 1 is 1.23 bits per heavy atom. The molecule has 1 saturated heterocycles. The molecule has 2 atom stereocenters. The summed E-state index contributed by atoms with van der Waals surface area (Å²) in [6.07, 6.45) is 1.62. The lowest BCUT2D eigenvalue weighted by Crippen LogP contribution is -2.46. The van der Waals surface area contributed by atoms with Crippen molar-refractivity contribution >= 4 is 18.1 Å². The largest absolute Gasteiger partial charge is 0.367 e. The van der Waals surface area contributed by atoms with E-state index >= 15 is 0 Å². The van der Waals surface area contributed by atoms with Crippen LogP contribution in [0.4, 0.5) is 0 Å². The third kappa shape index (κ3) is 3.10. The molecule has 0 bridgehead atoms. The van der Waals surface area contributed by atoms with Crippen LogP contribution in [0.5, 0.6) is 0 Å². The number of benzene rings is 1. The molecule has 3 rings (SSSR count). The fraction of sp³-hybridized carbons (Fsp3) is 0.294. The van der Waals surface area contributed by atoms with Crippen LogP contribution in [0.25, 0.3) is 0 Å². The number of aromatic amines is 1. The van der Waals surface area contributed by atoms with Crippen LogP contribution in [0, 0.1) is 4.64 Å². The number of nitrogens with zero attached hydrogens (tertiary/aromatic N) is 1. The van der Waals surface area contributed by atoms with Crippen LogP contribution in [0.15, 0.2) is 48.7 Å². The Labute approximate surface area is 134 Å². The molecule has 1 aromatic heterocycles. The lowest BCUT2D eigenvalue weighted by Gasteiger charge is -2.37. The highest BCUT2D eigenvalue weighted by atomic mass is 32.1. The average Bonchev–Trinajstić information content (AvgIpc) is 2.55. The summed E-state index contributed by atoms with van der Waals surface area (Å²) in [6, 6.07) is 13.6. The lowest BCUT2D eigenvalue weighted by molar-refractivity contribution is -0.0691. The van der Waals surface area contributed by atoms with Crippen molar-refractivity contribution in [2.45, 2.75) is 19.1 Å². The summed E-state index contributed by atoms with van der Waals surface area (Å²) >= 11 is 5.22. The average molecular weight is 314 g/mol. The zero-order chi connectivity index (χ0) is 15.5. The first-order valence-electron chi connectivity index (χ1n) is 7.32. The van der Waals surface area contributed by atoms with Crippen molar-refractivity contribution in [1.82, 2.24) is 9.88 Å². The molecule has 1 fully saturated rings. The van der Waals surface area contributed by atoms with E-state index in [0.717, 1.165) is 5.56 Å². The Balaban J connectivity index is 1.84. The van der Waals surface area contributed by atoms with Gasteiger partial charge in [-0.15, -0.1) is 0 Å². The normalized spacial score (nSPS) is 21.6. The van der Waals surface area contributed by atoms with Gasteiger partial charge in [0.05, 0.1) is 18.2 Å². The van der Waals surface area contributed by atoms with Gasteiger partial charge in [-0.25, -0.2) is 0 Å². The Morgan fingerprint density at radius 2 is 2.00 bits per heavy atom. The number of H-pyrrole nitrogens is 1. The molecule has 5 heteroatoms. The van der Waals surface area contributed by atoms with Crippen molar-refractivity contribution in [3.63, 3.8) is 0 Å². The molecule has 2 heterocycles. The van der Waals surface area contributed by atoms with Crippen LogP contribution < -0.4 is 0 Å². The molecule has 1 aliphatic heterocycles. The van der Waals surface area contributed by atoms with Crippen LogP contribution in [-0.2, 0) is 4.74 Å². The maximum Gasteiger partial charge on any atom is 0.257 e. The van der Waals surface area contributed by atoms with Gasteiger partial charge in [0, 0.05) is 12.7 Å². The molecule has 0 radical (unpaired) electrons. The van der Waals surface area contributed by atoms with Crippen LogP contribution in [0.1, 0.15) is 28.9 Å². The van der Waals surface area contributed by atoms with Gasteiger partial charge in [0.1, 0.15) is 10.7 Å². The van der Waals surface area contributed by atoms with Crippen LogP contribution in [-0.4, -0.2) is 35.0 Å². The van der Waals surface area contributed by atoms with Crippen LogP contribution in [0.3, 0.4) is 0 Å². The third-order valence-corrected chi connectivity index (χ3v) is 4.11. The van der Waals surface area contributed by atoms with Gasteiger partial charge in [0.15, 0.2) is 0 Å². The molecule has 2 unspecified atom stereocenters. The van der Waals surface area contributed by atoms with Gasteiger partial charge in [-0.1, -0.05) is 42.5 Å². The van der Waals surface area contributed by atoms with Crippen molar-refractivity contribution in [1.29, 1.82) is 0 Å². The number of rotatable bonds is 2. The number of hydrogen-bond acceptors (Lipinski definition) is 3. The second kappa shape index (κ2) is 6.42. The van der Waals surface area contributed by atoms with E-state index in [2.05, 4.69) is 4.98 Å². The first-order valence-corrected chi connectivity index (χ1v) is 7.73. The Hall–Kier alpha value is -1.98. The van der Waals surface area contributed by atoms with Gasteiger partial charge >= 0.3 is 0 Å². The van der Waals surface area contributed by atoms with Gasteiger partial charge in [0.2, 0.25) is 0 Å². The van der Waals surface area contributed by atoms with Gasteiger partial charge in [-0.2, -0.15) is 0 Å². The number of nitrogens with one attached hydrogen (secondary N) is 1. The number of pyridine rings is 1. The van der Waals surface area contributed by atoms with Crippen molar-refractivity contribution < 1.29 is 9.53 Å². The predicted octanol–water partition coefficient (Wildman–Crippen LogP) is 3.35. The molecule has 4 nitrogen and oxygen atoms in total. The van der Waals surface area contributed by atoms with Gasteiger partial charge in [0.25, 0.3) is 5.91 Å². The second-order valence-electron chi connectivity index (χ2n) is 5.47. The summed E-state index contributed by atoms with van der Waals surface area (Å²) in [5.74, 6) is -0.0436. The fourth-order valence-electron chi connectivity index (χ4n) is 2.73. The van der Waals surface area contributed by atoms with E-state index in [-0.39, 0.29) is 18.1 Å². The number of carbonyl (C=O) groups excluding carboxylic acids is 1. The third-order valence-electron chi connectivity index (χ3n) is 3.77. The van der Waals surface area contributed by atoms with E-state index < -0.39 is 0 Å². The Bertz CT molecular complexity index is 714. The Morgan fingerprint density at radius 3 is 2.73 bits per heavy atom. The smallest absolute Gasteiger partial charge is 0.257 e. The van der Waals surface area contributed by atoms with Crippen molar-refractivity contribution in [2.75, 3.05) is 13.1 Å². The number of amides is 1. The molecule has 0 aliphatic carbocycles. The molecule has 22 heavy (non-hydrogen) atoms. The molecule has 1 aliphatic rings. The Kier molecular flexibility index (Phi) is 4.36. The lowest BCUT2D eigenvalue weighted by atomic mass is 10.1. The topological polar surface area (TPSA) is 45.3 Å². The molecule has 2 aromatic rings. The zero-order valence-corrected chi connectivity index (χ0v) is 13.2. The van der Waals surface area contributed by atoms with E-state index in [1.807, 2.05) is 42.2 Å². The van der Waals surface area contributed by atoms with Crippen molar-refractivity contribution in [3.05, 3.63) is 64.4 Å².